The van der Waals surface area contributed by atoms with Crippen LogP contribution in [0.2, 0.25) is 0 Å². The largest absolute Gasteiger partial charge is 0.391 e. The zero-order valence-electron chi connectivity index (χ0n) is 7.81. The Morgan fingerprint density at radius 3 is 2.08 bits per heavy atom. The molecule has 3 rings (SSSR count). The van der Waals surface area contributed by atoms with Crippen molar-refractivity contribution in [2.45, 2.75) is 50.5 Å². The third-order valence-corrected chi connectivity index (χ3v) is 4.65. The van der Waals surface area contributed by atoms with Crippen molar-refractivity contribution in [1.82, 2.24) is 0 Å². The van der Waals surface area contributed by atoms with E-state index in [2.05, 4.69) is 13.8 Å². The summed E-state index contributed by atoms with van der Waals surface area (Å²) in [4.78, 5) is -0.293. The molecule has 0 amide bonds. The molecule has 3 saturated carbocycles. The van der Waals surface area contributed by atoms with Crippen molar-refractivity contribution < 1.29 is 5.11 Å². The Balaban J connectivity index is 2.32. The molecule has 0 radical (unpaired) electrons. The van der Waals surface area contributed by atoms with Crippen LogP contribution in [0, 0.1) is 11.3 Å². The third kappa shape index (κ3) is 0.958. The molecule has 0 spiro atoms. The van der Waals surface area contributed by atoms with Crippen LogP contribution >= 0.6 is 11.6 Å². The van der Waals surface area contributed by atoms with Gasteiger partial charge in [0.15, 0.2) is 0 Å². The second-order valence-corrected chi connectivity index (χ2v) is 5.79. The Bertz CT molecular complexity index is 187. The Morgan fingerprint density at radius 1 is 1.25 bits per heavy atom. The summed E-state index contributed by atoms with van der Waals surface area (Å²) < 4.78 is 0. The van der Waals surface area contributed by atoms with E-state index in [0.717, 1.165) is 12.8 Å². The smallest absolute Gasteiger partial charge is 0.0785 e. The Kier molecular flexibility index (Phi) is 1.76. The van der Waals surface area contributed by atoms with Gasteiger partial charge in [-0.3, -0.25) is 0 Å². The van der Waals surface area contributed by atoms with Crippen LogP contribution in [0.5, 0.6) is 0 Å². The molecular weight excluding hydrogens is 172 g/mol. The van der Waals surface area contributed by atoms with Crippen LogP contribution in [-0.4, -0.2) is 16.1 Å². The number of halogens is 1. The standard InChI is InChI=1S/C10H17ClO/c1-9(2)7-3-5-10(11,6-4-7)8(9)12/h7-8,12H,3-6H2,1-2H3. The molecule has 0 saturated heterocycles. The summed E-state index contributed by atoms with van der Waals surface area (Å²) in [5.74, 6) is 0.688. The van der Waals surface area contributed by atoms with Gasteiger partial charge in [-0.05, 0) is 37.0 Å². The van der Waals surface area contributed by atoms with Crippen molar-refractivity contribution in [3.8, 4) is 0 Å². The Hall–Kier alpha value is 0.250. The molecular formula is C10H17ClO. The zero-order chi connectivity index (χ0) is 8.98. The number of fused-ring (bicyclic) bond motifs is 3. The maximum Gasteiger partial charge on any atom is 0.0785 e. The van der Waals surface area contributed by atoms with Crippen LogP contribution in [0.1, 0.15) is 39.5 Å². The summed E-state index contributed by atoms with van der Waals surface area (Å²) in [5, 5.41) is 10.1. The van der Waals surface area contributed by atoms with E-state index in [1.807, 2.05) is 0 Å². The highest BCUT2D eigenvalue weighted by Gasteiger charge is 2.55. The average Bonchev–Trinajstić information content (AvgIpc) is 2.01. The van der Waals surface area contributed by atoms with Gasteiger partial charge < -0.3 is 5.11 Å². The lowest BCUT2D eigenvalue weighted by Crippen LogP contribution is -2.58. The zero-order valence-corrected chi connectivity index (χ0v) is 8.56. The van der Waals surface area contributed by atoms with Gasteiger partial charge in [0.2, 0.25) is 0 Å². The first-order chi connectivity index (χ1) is 5.47. The first-order valence-electron chi connectivity index (χ1n) is 4.84. The van der Waals surface area contributed by atoms with E-state index in [9.17, 15) is 5.11 Å². The van der Waals surface area contributed by atoms with Crippen molar-refractivity contribution in [2.75, 3.05) is 0 Å². The van der Waals surface area contributed by atoms with Crippen LogP contribution in [0.25, 0.3) is 0 Å². The van der Waals surface area contributed by atoms with Crippen LogP contribution in [0.15, 0.2) is 0 Å². The summed E-state index contributed by atoms with van der Waals surface area (Å²) in [6, 6.07) is 0. The number of aliphatic hydroxyl groups is 1. The molecule has 1 unspecified atom stereocenters. The molecule has 2 bridgehead atoms. The summed E-state index contributed by atoms with van der Waals surface area (Å²) >= 11 is 6.38. The van der Waals surface area contributed by atoms with E-state index in [1.165, 1.54) is 12.8 Å². The molecule has 3 aliphatic rings. The summed E-state index contributed by atoms with van der Waals surface area (Å²) in [6.07, 6.45) is 4.11. The van der Waals surface area contributed by atoms with Crippen LogP contribution in [-0.2, 0) is 0 Å². The highest BCUT2D eigenvalue weighted by Crippen LogP contribution is 2.56. The van der Waals surface area contributed by atoms with Gasteiger partial charge in [0.25, 0.3) is 0 Å². The van der Waals surface area contributed by atoms with Gasteiger partial charge in [-0.15, -0.1) is 11.6 Å². The minimum atomic E-state index is -0.306. The molecule has 1 N–H and O–H groups in total. The first kappa shape index (κ1) is 8.83. The lowest BCUT2D eigenvalue weighted by Gasteiger charge is -2.56. The monoisotopic (exact) mass is 188 g/mol. The van der Waals surface area contributed by atoms with E-state index in [1.54, 1.807) is 0 Å². The second kappa shape index (κ2) is 2.39. The molecule has 0 aromatic carbocycles. The molecule has 2 heteroatoms. The van der Waals surface area contributed by atoms with Crippen LogP contribution in [0.4, 0.5) is 0 Å². The number of rotatable bonds is 0. The van der Waals surface area contributed by atoms with Crippen molar-refractivity contribution in [3.05, 3.63) is 0 Å². The van der Waals surface area contributed by atoms with E-state index < -0.39 is 0 Å². The van der Waals surface area contributed by atoms with E-state index >= 15 is 0 Å². The molecule has 1 atom stereocenters. The van der Waals surface area contributed by atoms with Crippen molar-refractivity contribution in [1.29, 1.82) is 0 Å². The van der Waals surface area contributed by atoms with E-state index in [-0.39, 0.29) is 16.4 Å². The van der Waals surface area contributed by atoms with Gasteiger partial charge in [0, 0.05) is 0 Å². The van der Waals surface area contributed by atoms with Gasteiger partial charge in [-0.2, -0.15) is 0 Å². The van der Waals surface area contributed by atoms with Gasteiger partial charge in [0.1, 0.15) is 0 Å². The molecule has 0 aromatic rings. The highest BCUT2D eigenvalue weighted by atomic mass is 35.5. The fourth-order valence-corrected chi connectivity index (χ4v) is 3.50. The lowest BCUT2D eigenvalue weighted by molar-refractivity contribution is -0.0933. The van der Waals surface area contributed by atoms with Gasteiger partial charge in [-0.25, -0.2) is 0 Å². The Morgan fingerprint density at radius 2 is 1.75 bits per heavy atom. The number of hydrogen-bond donors (Lipinski definition) is 1. The maximum absolute atomic E-state index is 10.1. The predicted molar refractivity (Wildman–Crippen MR) is 50.3 cm³/mol. The van der Waals surface area contributed by atoms with Crippen molar-refractivity contribution in [3.63, 3.8) is 0 Å². The molecule has 1 nitrogen and oxygen atoms in total. The normalized spacial score (nSPS) is 51.0. The predicted octanol–water partition coefficient (Wildman–Crippen LogP) is 2.55. The molecule has 3 aliphatic carbocycles. The van der Waals surface area contributed by atoms with Gasteiger partial charge in [0.05, 0.1) is 11.0 Å². The summed E-state index contributed by atoms with van der Waals surface area (Å²) in [7, 11) is 0. The quantitative estimate of drug-likeness (QED) is 0.580. The van der Waals surface area contributed by atoms with Crippen LogP contribution in [0.3, 0.4) is 0 Å². The van der Waals surface area contributed by atoms with Gasteiger partial charge in [-0.1, -0.05) is 13.8 Å². The number of aliphatic hydroxyl groups excluding tert-OH is 1. The summed E-state index contributed by atoms with van der Waals surface area (Å²) in [6.45, 7) is 4.30. The minimum absolute atomic E-state index is 0.0399. The fraction of sp³-hybridized carbons (Fsp3) is 1.00. The highest BCUT2D eigenvalue weighted by molar-refractivity contribution is 6.24. The SMILES string of the molecule is CC1(C)C2CCC(Cl)(CC2)C1O. The lowest BCUT2D eigenvalue weighted by atomic mass is 9.55. The molecule has 70 valence electrons. The van der Waals surface area contributed by atoms with E-state index in [4.69, 9.17) is 11.6 Å². The molecule has 3 fully saturated rings. The van der Waals surface area contributed by atoms with Gasteiger partial charge >= 0.3 is 0 Å². The Labute approximate surface area is 79.1 Å². The molecule has 0 heterocycles. The number of alkyl halides is 1. The average molecular weight is 189 g/mol. The van der Waals surface area contributed by atoms with Crippen LogP contribution < -0.4 is 0 Å². The van der Waals surface area contributed by atoms with Crippen molar-refractivity contribution in [2.24, 2.45) is 11.3 Å². The summed E-state index contributed by atoms with van der Waals surface area (Å²) in [5.41, 5.74) is 0.0399. The maximum atomic E-state index is 10.1. The third-order valence-electron chi connectivity index (χ3n) is 4.06. The van der Waals surface area contributed by atoms with Crippen molar-refractivity contribution >= 4 is 11.6 Å². The fourth-order valence-electron chi connectivity index (χ4n) is 3.01. The van der Waals surface area contributed by atoms with E-state index in [0.29, 0.717) is 5.92 Å². The molecule has 0 aromatic heterocycles. The molecule has 0 aliphatic heterocycles. The molecule has 12 heavy (non-hydrogen) atoms. The second-order valence-electron chi connectivity index (χ2n) is 5.03. The topological polar surface area (TPSA) is 20.2 Å². The minimum Gasteiger partial charge on any atom is -0.391 e. The number of hydrogen-bond acceptors (Lipinski definition) is 1. The first-order valence-corrected chi connectivity index (χ1v) is 5.21.